The zero-order valence-electron chi connectivity index (χ0n) is 13.8. The summed E-state index contributed by atoms with van der Waals surface area (Å²) >= 11 is 1.35. The summed E-state index contributed by atoms with van der Waals surface area (Å²) in [6, 6.07) is 15.0. The average molecular weight is 364 g/mol. The van der Waals surface area contributed by atoms with Gasteiger partial charge in [-0.2, -0.15) is 0 Å². The van der Waals surface area contributed by atoms with E-state index in [0.29, 0.717) is 11.7 Å². The van der Waals surface area contributed by atoms with Gasteiger partial charge in [-0.15, -0.1) is 11.3 Å². The lowest BCUT2D eigenvalue weighted by molar-refractivity contribution is -0.122. The standard InChI is InChI=1S/C19H16N4O2S/c24-17-10-13(11-23(17)14-6-2-1-3-7-14)18(25)22-19-21-16(12-26-19)15-8-4-5-9-20-15/h1-9,12-13H,10-11H2,(H,21,22,25)/t13-/m1/s1. The molecule has 1 fully saturated rings. The highest BCUT2D eigenvalue weighted by Crippen LogP contribution is 2.27. The number of para-hydroxylation sites is 1. The monoisotopic (exact) mass is 364 g/mol. The fourth-order valence-electron chi connectivity index (χ4n) is 2.91. The van der Waals surface area contributed by atoms with E-state index in [1.54, 1.807) is 11.1 Å². The number of hydrogen-bond acceptors (Lipinski definition) is 5. The molecule has 1 N–H and O–H groups in total. The van der Waals surface area contributed by atoms with Crippen molar-refractivity contribution in [3.05, 3.63) is 60.1 Å². The van der Waals surface area contributed by atoms with Crippen LogP contribution in [0, 0.1) is 5.92 Å². The molecule has 7 heteroatoms. The van der Waals surface area contributed by atoms with Gasteiger partial charge in [-0.05, 0) is 24.3 Å². The number of benzene rings is 1. The van der Waals surface area contributed by atoms with Crippen LogP contribution in [0.2, 0.25) is 0 Å². The van der Waals surface area contributed by atoms with Crippen LogP contribution < -0.4 is 10.2 Å². The van der Waals surface area contributed by atoms with E-state index in [1.807, 2.05) is 53.9 Å². The van der Waals surface area contributed by atoms with Gasteiger partial charge in [0.2, 0.25) is 11.8 Å². The van der Waals surface area contributed by atoms with Gasteiger partial charge in [0.1, 0.15) is 5.69 Å². The second-order valence-corrected chi connectivity index (χ2v) is 6.84. The predicted octanol–water partition coefficient (Wildman–Crippen LogP) is 3.20. The molecule has 1 aromatic carbocycles. The van der Waals surface area contributed by atoms with Gasteiger partial charge in [0.25, 0.3) is 0 Å². The molecule has 0 radical (unpaired) electrons. The molecule has 26 heavy (non-hydrogen) atoms. The van der Waals surface area contributed by atoms with E-state index in [-0.39, 0.29) is 24.2 Å². The van der Waals surface area contributed by atoms with Crippen molar-refractivity contribution in [3.8, 4) is 11.4 Å². The number of carbonyl (C=O) groups excluding carboxylic acids is 2. The molecule has 0 saturated carbocycles. The zero-order chi connectivity index (χ0) is 17.9. The minimum absolute atomic E-state index is 0.0373. The molecule has 3 aromatic rings. The molecule has 3 heterocycles. The lowest BCUT2D eigenvalue weighted by Crippen LogP contribution is -2.28. The summed E-state index contributed by atoms with van der Waals surface area (Å²) in [4.78, 5) is 35.1. The van der Waals surface area contributed by atoms with Gasteiger partial charge in [-0.25, -0.2) is 4.98 Å². The Morgan fingerprint density at radius 1 is 1.12 bits per heavy atom. The third-order valence-corrected chi connectivity index (χ3v) is 4.98. The van der Waals surface area contributed by atoms with Crippen LogP contribution in [0.4, 0.5) is 10.8 Å². The fraction of sp³-hybridized carbons (Fsp3) is 0.158. The van der Waals surface area contributed by atoms with Crippen molar-refractivity contribution in [3.63, 3.8) is 0 Å². The van der Waals surface area contributed by atoms with Crippen LogP contribution in [-0.2, 0) is 9.59 Å². The molecule has 2 amide bonds. The van der Waals surface area contributed by atoms with E-state index in [9.17, 15) is 9.59 Å². The summed E-state index contributed by atoms with van der Waals surface area (Å²) in [6.45, 7) is 0.382. The maximum absolute atomic E-state index is 12.5. The molecular formula is C19H16N4O2S. The van der Waals surface area contributed by atoms with Crippen molar-refractivity contribution < 1.29 is 9.59 Å². The van der Waals surface area contributed by atoms with Gasteiger partial charge in [0.15, 0.2) is 5.13 Å². The van der Waals surface area contributed by atoms with Crippen LogP contribution >= 0.6 is 11.3 Å². The zero-order valence-corrected chi connectivity index (χ0v) is 14.6. The number of anilines is 2. The van der Waals surface area contributed by atoms with Crippen molar-refractivity contribution in [2.24, 2.45) is 5.92 Å². The van der Waals surface area contributed by atoms with Crippen molar-refractivity contribution >= 4 is 34.0 Å². The molecule has 1 aliphatic rings. The Labute approximate surface area is 154 Å². The summed E-state index contributed by atoms with van der Waals surface area (Å²) < 4.78 is 0. The number of carbonyl (C=O) groups is 2. The van der Waals surface area contributed by atoms with Crippen molar-refractivity contribution in [1.29, 1.82) is 0 Å². The third kappa shape index (κ3) is 3.34. The van der Waals surface area contributed by atoms with Crippen molar-refractivity contribution in [2.75, 3.05) is 16.8 Å². The van der Waals surface area contributed by atoms with Gasteiger partial charge in [0, 0.05) is 30.2 Å². The lowest BCUT2D eigenvalue weighted by Gasteiger charge is -2.16. The first-order valence-corrected chi connectivity index (χ1v) is 9.12. The Kier molecular flexibility index (Phi) is 4.45. The summed E-state index contributed by atoms with van der Waals surface area (Å²) in [7, 11) is 0. The highest BCUT2D eigenvalue weighted by Gasteiger charge is 2.35. The molecule has 0 spiro atoms. The third-order valence-electron chi connectivity index (χ3n) is 4.23. The molecule has 4 rings (SSSR count). The molecule has 1 saturated heterocycles. The molecular weight excluding hydrogens is 348 g/mol. The van der Waals surface area contributed by atoms with Crippen molar-refractivity contribution in [2.45, 2.75) is 6.42 Å². The van der Waals surface area contributed by atoms with E-state index in [4.69, 9.17) is 0 Å². The Morgan fingerprint density at radius 2 is 1.92 bits per heavy atom. The van der Waals surface area contributed by atoms with Crippen LogP contribution in [0.3, 0.4) is 0 Å². The summed E-state index contributed by atoms with van der Waals surface area (Å²) in [5.74, 6) is -0.603. The molecule has 1 atom stereocenters. The highest BCUT2D eigenvalue weighted by molar-refractivity contribution is 7.14. The molecule has 0 bridgehead atoms. The smallest absolute Gasteiger partial charge is 0.231 e. The normalized spacial score (nSPS) is 16.7. The number of aromatic nitrogens is 2. The van der Waals surface area contributed by atoms with Crippen LogP contribution in [0.25, 0.3) is 11.4 Å². The Balaban J connectivity index is 1.43. The maximum atomic E-state index is 12.5. The van der Waals surface area contributed by atoms with Crippen molar-refractivity contribution in [1.82, 2.24) is 9.97 Å². The number of amides is 2. The van der Waals surface area contributed by atoms with E-state index >= 15 is 0 Å². The van der Waals surface area contributed by atoms with Crippen LogP contribution in [-0.4, -0.2) is 28.3 Å². The first-order valence-electron chi connectivity index (χ1n) is 8.24. The number of nitrogens with zero attached hydrogens (tertiary/aromatic N) is 3. The van der Waals surface area contributed by atoms with E-state index in [0.717, 1.165) is 17.1 Å². The molecule has 6 nitrogen and oxygen atoms in total. The van der Waals surface area contributed by atoms with Crippen LogP contribution in [0.5, 0.6) is 0 Å². The Morgan fingerprint density at radius 3 is 2.69 bits per heavy atom. The summed E-state index contributed by atoms with van der Waals surface area (Å²) in [5.41, 5.74) is 2.30. The van der Waals surface area contributed by atoms with Gasteiger partial charge in [-0.1, -0.05) is 24.3 Å². The Bertz CT molecular complexity index is 927. The van der Waals surface area contributed by atoms with Gasteiger partial charge in [0.05, 0.1) is 11.6 Å². The van der Waals surface area contributed by atoms with E-state index in [2.05, 4.69) is 15.3 Å². The van der Waals surface area contributed by atoms with Gasteiger partial charge < -0.3 is 10.2 Å². The molecule has 2 aromatic heterocycles. The molecule has 1 aliphatic heterocycles. The second kappa shape index (κ2) is 7.05. The first-order chi connectivity index (χ1) is 12.7. The minimum atomic E-state index is -0.384. The highest BCUT2D eigenvalue weighted by atomic mass is 32.1. The number of hydrogen-bond donors (Lipinski definition) is 1. The fourth-order valence-corrected chi connectivity index (χ4v) is 3.62. The Hall–Kier alpha value is -3.06. The number of rotatable bonds is 4. The topological polar surface area (TPSA) is 75.2 Å². The first kappa shape index (κ1) is 16.4. The summed E-state index contributed by atoms with van der Waals surface area (Å²) in [6.07, 6.45) is 1.91. The number of pyridine rings is 1. The maximum Gasteiger partial charge on any atom is 0.231 e. The predicted molar refractivity (Wildman–Crippen MR) is 101 cm³/mol. The molecule has 130 valence electrons. The second-order valence-electron chi connectivity index (χ2n) is 5.98. The molecule has 0 unspecified atom stereocenters. The molecule has 0 aliphatic carbocycles. The average Bonchev–Trinajstić information content (AvgIpc) is 3.30. The van der Waals surface area contributed by atoms with E-state index in [1.165, 1.54) is 11.3 Å². The number of nitrogens with one attached hydrogen (secondary N) is 1. The largest absolute Gasteiger partial charge is 0.312 e. The van der Waals surface area contributed by atoms with E-state index < -0.39 is 0 Å². The SMILES string of the molecule is O=C(Nc1nc(-c2ccccn2)cs1)[C@@H]1CC(=O)N(c2ccccc2)C1. The number of thiazole rings is 1. The summed E-state index contributed by atoms with van der Waals surface area (Å²) in [5, 5.41) is 5.20. The minimum Gasteiger partial charge on any atom is -0.312 e. The van der Waals surface area contributed by atoms with Crippen LogP contribution in [0.1, 0.15) is 6.42 Å². The van der Waals surface area contributed by atoms with Crippen LogP contribution in [0.15, 0.2) is 60.1 Å². The van der Waals surface area contributed by atoms with Gasteiger partial charge in [-0.3, -0.25) is 14.6 Å². The van der Waals surface area contributed by atoms with Gasteiger partial charge >= 0.3 is 0 Å². The lowest BCUT2D eigenvalue weighted by atomic mass is 10.1. The quantitative estimate of drug-likeness (QED) is 0.771.